The van der Waals surface area contributed by atoms with Gasteiger partial charge in [0.2, 0.25) is 11.9 Å². The standard InChI is InChI=1S/C20H22N8O4S/c1-12(2)16(24-18(30)13-6-4-7-14(10-13)28(31)32)17-25-26-20(27(17)3)33-11-15(29)23-19-21-8-5-9-22-19/h4-10,12,16H,11H2,1-3H3,(H,24,30)(H,21,22,23,29)/t16-/m0/s1. The number of nitrogens with one attached hydrogen (secondary N) is 2. The number of thioether (sulfide) groups is 1. The van der Waals surface area contributed by atoms with E-state index in [0.717, 1.165) is 0 Å². The van der Waals surface area contributed by atoms with Crippen LogP contribution in [0, 0.1) is 16.0 Å². The van der Waals surface area contributed by atoms with Crippen LogP contribution in [0.5, 0.6) is 0 Å². The fourth-order valence-electron chi connectivity index (χ4n) is 2.89. The summed E-state index contributed by atoms with van der Waals surface area (Å²) in [5.74, 6) is -0.0288. The Morgan fingerprint density at radius 3 is 2.58 bits per heavy atom. The van der Waals surface area contributed by atoms with Crippen molar-refractivity contribution >= 4 is 35.2 Å². The van der Waals surface area contributed by atoms with Crippen molar-refractivity contribution in [1.82, 2.24) is 30.0 Å². The smallest absolute Gasteiger partial charge is 0.270 e. The molecule has 13 heteroatoms. The van der Waals surface area contributed by atoms with E-state index in [0.29, 0.717) is 11.0 Å². The van der Waals surface area contributed by atoms with Crippen molar-refractivity contribution in [1.29, 1.82) is 0 Å². The van der Waals surface area contributed by atoms with Crippen LogP contribution in [0.25, 0.3) is 0 Å². The van der Waals surface area contributed by atoms with Crippen molar-refractivity contribution in [3.05, 3.63) is 64.2 Å². The average molecular weight is 471 g/mol. The number of nitro groups is 1. The quantitative estimate of drug-likeness (QED) is 0.272. The molecule has 12 nitrogen and oxygen atoms in total. The number of nitrogens with zero attached hydrogens (tertiary/aromatic N) is 6. The first-order valence-electron chi connectivity index (χ1n) is 9.90. The van der Waals surface area contributed by atoms with E-state index in [-0.39, 0.29) is 34.8 Å². The molecule has 0 bridgehead atoms. The molecular formula is C20H22N8O4S. The molecule has 0 saturated heterocycles. The predicted octanol–water partition coefficient (Wildman–Crippen LogP) is 2.37. The summed E-state index contributed by atoms with van der Waals surface area (Å²) in [4.78, 5) is 43.2. The normalized spacial score (nSPS) is 11.8. The molecule has 1 atom stereocenters. The van der Waals surface area contributed by atoms with Crippen molar-refractivity contribution in [2.45, 2.75) is 25.0 Å². The number of carbonyl (C=O) groups excluding carboxylic acids is 2. The molecule has 2 amide bonds. The Bertz CT molecular complexity index is 1150. The SMILES string of the molecule is CC(C)[C@H](NC(=O)c1cccc([N+](=O)[O-])c1)c1nnc(SCC(=O)Nc2ncccn2)n1C. The van der Waals surface area contributed by atoms with Crippen LogP contribution in [-0.4, -0.2) is 47.2 Å². The lowest BCUT2D eigenvalue weighted by Gasteiger charge is -2.21. The number of hydrogen-bond acceptors (Lipinski definition) is 9. The van der Waals surface area contributed by atoms with Gasteiger partial charge in [-0.05, 0) is 18.1 Å². The Balaban J connectivity index is 1.69. The van der Waals surface area contributed by atoms with Crippen LogP contribution < -0.4 is 10.6 Å². The van der Waals surface area contributed by atoms with Gasteiger partial charge in [0, 0.05) is 37.1 Å². The maximum absolute atomic E-state index is 12.8. The van der Waals surface area contributed by atoms with Gasteiger partial charge in [0.05, 0.1) is 16.7 Å². The summed E-state index contributed by atoms with van der Waals surface area (Å²) in [5, 5.41) is 25.3. The molecule has 0 aliphatic carbocycles. The molecule has 1 aromatic carbocycles. The lowest BCUT2D eigenvalue weighted by Crippen LogP contribution is -2.33. The molecule has 0 fully saturated rings. The zero-order valence-corrected chi connectivity index (χ0v) is 18.9. The zero-order valence-electron chi connectivity index (χ0n) is 18.1. The molecule has 0 aliphatic heterocycles. The van der Waals surface area contributed by atoms with E-state index in [2.05, 4.69) is 30.8 Å². The van der Waals surface area contributed by atoms with Crippen molar-refractivity contribution in [3.63, 3.8) is 0 Å². The predicted molar refractivity (Wildman–Crippen MR) is 121 cm³/mol. The fourth-order valence-corrected chi connectivity index (χ4v) is 3.61. The molecule has 3 rings (SSSR count). The van der Waals surface area contributed by atoms with Crippen molar-refractivity contribution in [2.75, 3.05) is 11.1 Å². The summed E-state index contributed by atoms with van der Waals surface area (Å²) < 4.78 is 1.70. The fraction of sp³-hybridized carbons (Fsp3) is 0.300. The minimum Gasteiger partial charge on any atom is -0.342 e. The molecule has 2 aromatic heterocycles. The lowest BCUT2D eigenvalue weighted by atomic mass is 10.0. The highest BCUT2D eigenvalue weighted by Gasteiger charge is 2.26. The van der Waals surface area contributed by atoms with Gasteiger partial charge in [0.1, 0.15) is 0 Å². The van der Waals surface area contributed by atoms with Crippen LogP contribution in [0.3, 0.4) is 0 Å². The number of carbonyl (C=O) groups is 2. The first-order chi connectivity index (χ1) is 15.8. The molecule has 33 heavy (non-hydrogen) atoms. The maximum Gasteiger partial charge on any atom is 0.270 e. The van der Waals surface area contributed by atoms with Crippen LogP contribution >= 0.6 is 11.8 Å². The second-order valence-corrected chi connectivity index (χ2v) is 8.25. The average Bonchev–Trinajstić information content (AvgIpc) is 3.16. The van der Waals surface area contributed by atoms with E-state index in [9.17, 15) is 19.7 Å². The molecule has 0 spiro atoms. The molecule has 2 heterocycles. The summed E-state index contributed by atoms with van der Waals surface area (Å²) in [5.41, 5.74) is 0.00619. The highest BCUT2D eigenvalue weighted by molar-refractivity contribution is 7.99. The molecule has 0 aliphatic rings. The van der Waals surface area contributed by atoms with E-state index in [1.807, 2.05) is 13.8 Å². The van der Waals surface area contributed by atoms with Gasteiger partial charge in [0.25, 0.3) is 11.6 Å². The van der Waals surface area contributed by atoms with E-state index in [1.54, 1.807) is 17.7 Å². The molecule has 0 saturated carbocycles. The number of non-ortho nitro benzene ring substituents is 1. The minimum absolute atomic E-state index is 0.0491. The van der Waals surface area contributed by atoms with Gasteiger partial charge >= 0.3 is 0 Å². The third-order valence-corrected chi connectivity index (χ3v) is 5.59. The number of aromatic nitrogens is 5. The Morgan fingerprint density at radius 2 is 1.91 bits per heavy atom. The largest absolute Gasteiger partial charge is 0.342 e. The van der Waals surface area contributed by atoms with Crippen molar-refractivity contribution in [2.24, 2.45) is 13.0 Å². The Kier molecular flexibility index (Phi) is 7.66. The highest BCUT2D eigenvalue weighted by atomic mass is 32.2. The van der Waals surface area contributed by atoms with Crippen LogP contribution in [0.1, 0.15) is 36.1 Å². The first kappa shape index (κ1) is 23.8. The third-order valence-electron chi connectivity index (χ3n) is 4.57. The molecule has 3 aromatic rings. The summed E-state index contributed by atoms with van der Waals surface area (Å²) in [7, 11) is 1.74. The third kappa shape index (κ3) is 6.10. The van der Waals surface area contributed by atoms with E-state index in [4.69, 9.17) is 0 Å². The van der Waals surface area contributed by atoms with Gasteiger partial charge in [0.15, 0.2) is 11.0 Å². The summed E-state index contributed by atoms with van der Waals surface area (Å²) in [6, 6.07) is 6.65. The summed E-state index contributed by atoms with van der Waals surface area (Å²) >= 11 is 1.18. The number of amides is 2. The van der Waals surface area contributed by atoms with Crippen LogP contribution in [0.15, 0.2) is 47.9 Å². The minimum atomic E-state index is -0.553. The van der Waals surface area contributed by atoms with Crippen molar-refractivity contribution in [3.8, 4) is 0 Å². The lowest BCUT2D eigenvalue weighted by molar-refractivity contribution is -0.384. The van der Waals surface area contributed by atoms with Crippen LogP contribution in [0.2, 0.25) is 0 Å². The first-order valence-corrected chi connectivity index (χ1v) is 10.9. The summed E-state index contributed by atoms with van der Waals surface area (Å²) in [6.07, 6.45) is 3.05. The zero-order chi connectivity index (χ0) is 24.0. The molecule has 0 unspecified atom stereocenters. The molecule has 172 valence electrons. The van der Waals surface area contributed by atoms with E-state index < -0.39 is 16.9 Å². The Labute approximate surface area is 193 Å². The number of anilines is 1. The Morgan fingerprint density at radius 1 is 1.18 bits per heavy atom. The van der Waals surface area contributed by atoms with Gasteiger partial charge < -0.3 is 9.88 Å². The Hall–Kier alpha value is -3.87. The second-order valence-electron chi connectivity index (χ2n) is 7.31. The van der Waals surface area contributed by atoms with Gasteiger partial charge in [-0.1, -0.05) is 31.7 Å². The molecular weight excluding hydrogens is 448 g/mol. The van der Waals surface area contributed by atoms with Crippen molar-refractivity contribution < 1.29 is 14.5 Å². The van der Waals surface area contributed by atoms with E-state index >= 15 is 0 Å². The monoisotopic (exact) mass is 470 g/mol. The molecule has 2 N–H and O–H groups in total. The van der Waals surface area contributed by atoms with Crippen LogP contribution in [0.4, 0.5) is 11.6 Å². The van der Waals surface area contributed by atoms with Gasteiger partial charge in [-0.25, -0.2) is 9.97 Å². The van der Waals surface area contributed by atoms with Gasteiger partial charge in [-0.2, -0.15) is 0 Å². The van der Waals surface area contributed by atoms with E-state index in [1.165, 1.54) is 48.4 Å². The van der Waals surface area contributed by atoms with Gasteiger partial charge in [-0.15, -0.1) is 10.2 Å². The second kappa shape index (κ2) is 10.6. The summed E-state index contributed by atoms with van der Waals surface area (Å²) in [6.45, 7) is 3.82. The van der Waals surface area contributed by atoms with Gasteiger partial charge in [-0.3, -0.25) is 25.0 Å². The number of benzene rings is 1. The number of rotatable bonds is 9. The topological polar surface area (TPSA) is 158 Å². The maximum atomic E-state index is 12.8. The number of nitro benzene ring substituents is 1. The number of hydrogen-bond donors (Lipinski definition) is 2. The molecule has 0 radical (unpaired) electrons. The van der Waals surface area contributed by atoms with Crippen LogP contribution in [-0.2, 0) is 11.8 Å². The highest BCUT2D eigenvalue weighted by Crippen LogP contribution is 2.25.